The summed E-state index contributed by atoms with van der Waals surface area (Å²) in [5, 5.41) is 0. The Balaban J connectivity index is 4.13. The quantitative estimate of drug-likeness (QED) is 0.589. The molecule has 0 saturated heterocycles. The molecule has 0 fully saturated rings. The summed E-state index contributed by atoms with van der Waals surface area (Å²) >= 11 is 0. The second-order valence-electron chi connectivity index (χ2n) is 2.83. The molecule has 0 aromatic rings. The van der Waals surface area contributed by atoms with E-state index in [1.165, 1.54) is 18.4 Å². The molecule has 0 aromatic heterocycles. The van der Waals surface area contributed by atoms with Gasteiger partial charge in [0.2, 0.25) is 0 Å². The summed E-state index contributed by atoms with van der Waals surface area (Å²) < 4.78 is 25.7. The summed E-state index contributed by atoms with van der Waals surface area (Å²) in [4.78, 5) is 0. The lowest BCUT2D eigenvalue weighted by atomic mass is 10.2. The Morgan fingerprint density at radius 3 is 2.42 bits per heavy atom. The lowest BCUT2D eigenvalue weighted by Gasteiger charge is -2.19. The standard InChI is InChI=1S/C6H17N3O2S/c1-6(4-7)5-9(3)12(10,11)8-2/h6,8H,4-5,7H2,1-3H3. The van der Waals surface area contributed by atoms with Gasteiger partial charge >= 0.3 is 0 Å². The molecule has 0 radical (unpaired) electrons. The molecule has 12 heavy (non-hydrogen) atoms. The van der Waals surface area contributed by atoms with E-state index in [4.69, 9.17) is 5.73 Å². The van der Waals surface area contributed by atoms with Crippen molar-refractivity contribution in [2.75, 3.05) is 27.2 Å². The van der Waals surface area contributed by atoms with Crippen LogP contribution in [0.3, 0.4) is 0 Å². The third kappa shape index (κ3) is 3.48. The van der Waals surface area contributed by atoms with Crippen molar-refractivity contribution < 1.29 is 8.42 Å². The number of nitrogens with two attached hydrogens (primary N) is 1. The highest BCUT2D eigenvalue weighted by molar-refractivity contribution is 7.87. The Morgan fingerprint density at radius 1 is 1.58 bits per heavy atom. The summed E-state index contributed by atoms with van der Waals surface area (Å²) in [6.07, 6.45) is 0. The van der Waals surface area contributed by atoms with Crippen LogP contribution in [-0.2, 0) is 10.2 Å². The zero-order valence-corrected chi connectivity index (χ0v) is 8.56. The van der Waals surface area contributed by atoms with Crippen LogP contribution in [0.5, 0.6) is 0 Å². The lowest BCUT2D eigenvalue weighted by Crippen LogP contribution is -2.39. The molecule has 74 valence electrons. The van der Waals surface area contributed by atoms with Crippen molar-refractivity contribution in [2.24, 2.45) is 11.7 Å². The molecular weight excluding hydrogens is 178 g/mol. The van der Waals surface area contributed by atoms with Gasteiger partial charge in [0.05, 0.1) is 0 Å². The minimum atomic E-state index is -3.28. The van der Waals surface area contributed by atoms with Crippen LogP contribution in [0.15, 0.2) is 0 Å². The van der Waals surface area contributed by atoms with E-state index in [1.54, 1.807) is 0 Å². The van der Waals surface area contributed by atoms with E-state index in [1.807, 2.05) is 6.92 Å². The van der Waals surface area contributed by atoms with Gasteiger partial charge in [-0.05, 0) is 12.5 Å². The van der Waals surface area contributed by atoms with Gasteiger partial charge in [0.15, 0.2) is 0 Å². The van der Waals surface area contributed by atoms with Gasteiger partial charge < -0.3 is 5.73 Å². The van der Waals surface area contributed by atoms with E-state index in [2.05, 4.69) is 4.72 Å². The van der Waals surface area contributed by atoms with Crippen molar-refractivity contribution in [2.45, 2.75) is 6.92 Å². The first-order valence-corrected chi connectivity index (χ1v) is 5.23. The van der Waals surface area contributed by atoms with Gasteiger partial charge in [-0.1, -0.05) is 6.92 Å². The van der Waals surface area contributed by atoms with Gasteiger partial charge in [-0.15, -0.1) is 0 Å². The van der Waals surface area contributed by atoms with E-state index in [0.717, 1.165) is 0 Å². The Bertz CT molecular complexity index is 215. The van der Waals surface area contributed by atoms with Gasteiger partial charge in [-0.25, -0.2) is 4.72 Å². The van der Waals surface area contributed by atoms with Gasteiger partial charge in [-0.2, -0.15) is 12.7 Å². The van der Waals surface area contributed by atoms with Crippen LogP contribution >= 0.6 is 0 Å². The minimum Gasteiger partial charge on any atom is -0.330 e. The molecule has 1 unspecified atom stereocenters. The fraction of sp³-hybridized carbons (Fsp3) is 1.00. The third-order valence-electron chi connectivity index (χ3n) is 1.64. The molecular formula is C6H17N3O2S. The highest BCUT2D eigenvalue weighted by Crippen LogP contribution is 1.99. The molecule has 0 aliphatic rings. The van der Waals surface area contributed by atoms with Crippen LogP contribution in [0.25, 0.3) is 0 Å². The van der Waals surface area contributed by atoms with E-state index in [0.29, 0.717) is 13.1 Å². The average Bonchev–Trinajstić information content (AvgIpc) is 2.04. The molecule has 0 aromatic carbocycles. The normalized spacial score (nSPS) is 15.1. The number of nitrogens with one attached hydrogen (secondary N) is 1. The van der Waals surface area contributed by atoms with Crippen molar-refractivity contribution in [3.05, 3.63) is 0 Å². The monoisotopic (exact) mass is 195 g/mol. The summed E-state index contributed by atoms with van der Waals surface area (Å²) in [7, 11) is -0.362. The topological polar surface area (TPSA) is 75.4 Å². The number of hydrogen-bond acceptors (Lipinski definition) is 3. The summed E-state index contributed by atoms with van der Waals surface area (Å²) in [6.45, 7) is 2.84. The largest absolute Gasteiger partial charge is 0.330 e. The van der Waals surface area contributed by atoms with Gasteiger partial charge in [0.1, 0.15) is 0 Å². The number of hydrogen-bond donors (Lipinski definition) is 2. The number of nitrogens with zero attached hydrogens (tertiary/aromatic N) is 1. The SMILES string of the molecule is CNS(=O)(=O)N(C)CC(C)CN. The van der Waals surface area contributed by atoms with Crippen LogP contribution in [0.2, 0.25) is 0 Å². The van der Waals surface area contributed by atoms with Crippen LogP contribution in [0.1, 0.15) is 6.92 Å². The predicted molar refractivity (Wildman–Crippen MR) is 48.8 cm³/mol. The van der Waals surface area contributed by atoms with E-state index in [9.17, 15) is 8.42 Å². The highest BCUT2D eigenvalue weighted by Gasteiger charge is 2.16. The molecule has 0 aliphatic heterocycles. The zero-order chi connectivity index (χ0) is 9.78. The average molecular weight is 195 g/mol. The second-order valence-corrected chi connectivity index (χ2v) is 4.81. The van der Waals surface area contributed by atoms with Crippen LogP contribution in [0.4, 0.5) is 0 Å². The molecule has 1 atom stereocenters. The van der Waals surface area contributed by atoms with E-state index < -0.39 is 10.2 Å². The molecule has 0 rings (SSSR count). The fourth-order valence-electron chi connectivity index (χ4n) is 0.767. The Labute approximate surface area is 74.1 Å². The Kier molecular flexibility index (Phi) is 4.69. The molecule has 0 bridgehead atoms. The Morgan fingerprint density at radius 2 is 2.08 bits per heavy atom. The van der Waals surface area contributed by atoms with Gasteiger partial charge in [0.25, 0.3) is 10.2 Å². The molecule has 0 saturated carbocycles. The van der Waals surface area contributed by atoms with Crippen LogP contribution in [-0.4, -0.2) is 39.9 Å². The number of rotatable bonds is 5. The molecule has 0 heterocycles. The first kappa shape index (κ1) is 11.8. The van der Waals surface area contributed by atoms with Crippen molar-refractivity contribution >= 4 is 10.2 Å². The van der Waals surface area contributed by atoms with E-state index in [-0.39, 0.29) is 5.92 Å². The lowest BCUT2D eigenvalue weighted by molar-refractivity contribution is 0.401. The maximum Gasteiger partial charge on any atom is 0.278 e. The second kappa shape index (κ2) is 4.76. The first-order chi connectivity index (χ1) is 5.44. The molecule has 0 aliphatic carbocycles. The molecule has 0 spiro atoms. The van der Waals surface area contributed by atoms with Crippen molar-refractivity contribution in [1.29, 1.82) is 0 Å². The van der Waals surface area contributed by atoms with Gasteiger partial charge in [-0.3, -0.25) is 0 Å². The van der Waals surface area contributed by atoms with Gasteiger partial charge in [0, 0.05) is 20.6 Å². The zero-order valence-electron chi connectivity index (χ0n) is 7.74. The molecule has 5 nitrogen and oxygen atoms in total. The van der Waals surface area contributed by atoms with Crippen LogP contribution < -0.4 is 10.5 Å². The Hall–Kier alpha value is -0.170. The smallest absolute Gasteiger partial charge is 0.278 e. The van der Waals surface area contributed by atoms with Crippen molar-refractivity contribution in [3.63, 3.8) is 0 Å². The van der Waals surface area contributed by atoms with Crippen molar-refractivity contribution in [1.82, 2.24) is 9.03 Å². The maximum absolute atomic E-state index is 11.1. The molecule has 0 amide bonds. The molecule has 3 N–H and O–H groups in total. The highest BCUT2D eigenvalue weighted by atomic mass is 32.2. The molecule has 6 heteroatoms. The maximum atomic E-state index is 11.1. The van der Waals surface area contributed by atoms with Crippen LogP contribution in [0, 0.1) is 5.92 Å². The third-order valence-corrected chi connectivity index (χ3v) is 3.13. The minimum absolute atomic E-state index is 0.179. The first-order valence-electron chi connectivity index (χ1n) is 3.79. The summed E-state index contributed by atoms with van der Waals surface area (Å²) in [5.74, 6) is 0.179. The summed E-state index contributed by atoms with van der Waals surface area (Å²) in [6, 6.07) is 0. The predicted octanol–water partition coefficient (Wildman–Crippen LogP) is -1.02. The fourth-order valence-corrected chi connectivity index (χ4v) is 1.53. The van der Waals surface area contributed by atoms with Crippen molar-refractivity contribution in [3.8, 4) is 0 Å². The van der Waals surface area contributed by atoms with E-state index >= 15 is 0 Å². The summed E-state index contributed by atoms with van der Waals surface area (Å²) in [5.41, 5.74) is 5.36.